The SMILES string of the molecule is Cc1ccc(OCCn2cc(/C=C3/C(=O)NC(=O)N(c4ccc(C)c(Cl)c4)C3=O)c3ccccc32)cc1. The number of nitrogens with one attached hydrogen (secondary N) is 1. The number of amides is 4. The van der Waals surface area contributed by atoms with Crippen LogP contribution < -0.4 is 15.0 Å². The Morgan fingerprint density at radius 3 is 2.49 bits per heavy atom. The number of carbonyl (C=O) groups is 3. The zero-order valence-electron chi connectivity index (χ0n) is 20.3. The molecule has 0 aliphatic carbocycles. The van der Waals surface area contributed by atoms with Crippen molar-refractivity contribution in [2.75, 3.05) is 11.5 Å². The van der Waals surface area contributed by atoms with Crippen molar-refractivity contribution in [1.82, 2.24) is 9.88 Å². The second kappa shape index (κ2) is 9.95. The quantitative estimate of drug-likeness (QED) is 0.266. The van der Waals surface area contributed by atoms with Gasteiger partial charge in [-0.3, -0.25) is 14.9 Å². The number of anilines is 1. The Labute approximate surface area is 218 Å². The molecule has 0 atom stereocenters. The summed E-state index contributed by atoms with van der Waals surface area (Å²) in [6.07, 6.45) is 3.40. The number of hydrogen-bond donors (Lipinski definition) is 1. The Morgan fingerprint density at radius 2 is 1.73 bits per heavy atom. The summed E-state index contributed by atoms with van der Waals surface area (Å²) in [6, 6.07) is 19.6. The lowest BCUT2D eigenvalue weighted by Gasteiger charge is -2.26. The van der Waals surface area contributed by atoms with Gasteiger partial charge in [0.15, 0.2) is 0 Å². The van der Waals surface area contributed by atoms with E-state index in [1.54, 1.807) is 12.1 Å². The van der Waals surface area contributed by atoms with Crippen molar-refractivity contribution in [1.29, 1.82) is 0 Å². The molecule has 7 nitrogen and oxygen atoms in total. The second-order valence-electron chi connectivity index (χ2n) is 8.85. The topological polar surface area (TPSA) is 80.6 Å². The number of ether oxygens (including phenoxy) is 1. The first kappa shape index (κ1) is 24.3. The number of nitrogens with zero attached hydrogens (tertiary/aromatic N) is 2. The van der Waals surface area contributed by atoms with Crippen LogP contribution in [0.2, 0.25) is 5.02 Å². The summed E-state index contributed by atoms with van der Waals surface area (Å²) in [5.41, 5.74) is 3.72. The fourth-order valence-corrected chi connectivity index (χ4v) is 4.41. The minimum atomic E-state index is -0.817. The molecule has 1 aromatic heterocycles. The summed E-state index contributed by atoms with van der Waals surface area (Å²) in [7, 11) is 0. The van der Waals surface area contributed by atoms with Gasteiger partial charge in [-0.05, 0) is 55.8 Å². The molecule has 1 N–H and O–H groups in total. The molecule has 4 aromatic rings. The third kappa shape index (κ3) is 4.86. The normalized spacial score (nSPS) is 14.9. The lowest BCUT2D eigenvalue weighted by atomic mass is 10.1. The molecule has 1 saturated heterocycles. The minimum Gasteiger partial charge on any atom is -0.492 e. The zero-order valence-corrected chi connectivity index (χ0v) is 21.1. The number of hydrogen-bond acceptors (Lipinski definition) is 4. The standard InChI is InChI=1S/C29H24ClN3O4/c1-18-7-11-22(12-8-18)37-14-13-32-17-20(23-5-3-4-6-26(23)32)15-24-27(34)31-29(36)33(28(24)35)21-10-9-19(2)25(30)16-21/h3-12,15-17H,13-14H2,1-2H3,(H,31,34,36)/b24-15-. The Bertz CT molecular complexity index is 1570. The number of benzene rings is 3. The smallest absolute Gasteiger partial charge is 0.335 e. The van der Waals surface area contributed by atoms with E-state index in [1.165, 1.54) is 12.1 Å². The van der Waals surface area contributed by atoms with Gasteiger partial charge in [0.1, 0.15) is 17.9 Å². The molecule has 2 heterocycles. The van der Waals surface area contributed by atoms with Gasteiger partial charge in [-0.2, -0.15) is 0 Å². The minimum absolute atomic E-state index is 0.143. The van der Waals surface area contributed by atoms with Gasteiger partial charge in [0.05, 0.1) is 12.2 Å². The second-order valence-corrected chi connectivity index (χ2v) is 9.26. The molecule has 0 bridgehead atoms. The summed E-state index contributed by atoms with van der Waals surface area (Å²) >= 11 is 6.21. The van der Waals surface area contributed by atoms with Crippen molar-refractivity contribution in [2.24, 2.45) is 0 Å². The van der Waals surface area contributed by atoms with Gasteiger partial charge in [-0.25, -0.2) is 9.69 Å². The summed E-state index contributed by atoms with van der Waals surface area (Å²) in [4.78, 5) is 39.6. The Morgan fingerprint density at radius 1 is 0.973 bits per heavy atom. The molecule has 1 aliphatic heterocycles. The monoisotopic (exact) mass is 513 g/mol. The maximum absolute atomic E-state index is 13.3. The lowest BCUT2D eigenvalue weighted by molar-refractivity contribution is -0.122. The number of fused-ring (bicyclic) bond motifs is 1. The molecule has 1 fully saturated rings. The van der Waals surface area contributed by atoms with Gasteiger partial charge >= 0.3 is 6.03 Å². The van der Waals surface area contributed by atoms with E-state index < -0.39 is 17.8 Å². The van der Waals surface area contributed by atoms with Crippen LogP contribution in [0.3, 0.4) is 0 Å². The third-order valence-corrected chi connectivity index (χ3v) is 6.66. The molecule has 186 valence electrons. The van der Waals surface area contributed by atoms with E-state index in [-0.39, 0.29) is 11.3 Å². The Balaban J connectivity index is 1.45. The van der Waals surface area contributed by atoms with Gasteiger partial charge < -0.3 is 9.30 Å². The van der Waals surface area contributed by atoms with Crippen LogP contribution in [-0.2, 0) is 16.1 Å². The number of carbonyl (C=O) groups excluding carboxylic acids is 3. The van der Waals surface area contributed by atoms with Crippen LogP contribution in [0.5, 0.6) is 5.75 Å². The fourth-order valence-electron chi connectivity index (χ4n) is 4.24. The number of aromatic nitrogens is 1. The number of imide groups is 2. The number of para-hydroxylation sites is 1. The van der Waals surface area contributed by atoms with E-state index >= 15 is 0 Å². The maximum atomic E-state index is 13.3. The predicted octanol–water partition coefficient (Wildman–Crippen LogP) is 5.66. The van der Waals surface area contributed by atoms with Crippen molar-refractivity contribution in [3.8, 4) is 5.75 Å². The molecule has 0 unspecified atom stereocenters. The Hall–Kier alpha value is -4.36. The summed E-state index contributed by atoms with van der Waals surface area (Å²) in [5.74, 6) is -0.674. The van der Waals surface area contributed by atoms with Crippen molar-refractivity contribution >= 4 is 52.1 Å². The molecule has 0 saturated carbocycles. The first-order valence-electron chi connectivity index (χ1n) is 11.8. The molecule has 1 aliphatic rings. The molecule has 0 radical (unpaired) electrons. The summed E-state index contributed by atoms with van der Waals surface area (Å²) in [6.45, 7) is 4.84. The van der Waals surface area contributed by atoms with Crippen LogP contribution >= 0.6 is 11.6 Å². The first-order chi connectivity index (χ1) is 17.8. The van der Waals surface area contributed by atoms with E-state index in [0.717, 1.165) is 32.7 Å². The van der Waals surface area contributed by atoms with E-state index in [4.69, 9.17) is 16.3 Å². The van der Waals surface area contributed by atoms with Gasteiger partial charge in [0.25, 0.3) is 11.8 Å². The van der Waals surface area contributed by atoms with Gasteiger partial charge in [-0.15, -0.1) is 0 Å². The highest BCUT2D eigenvalue weighted by atomic mass is 35.5. The van der Waals surface area contributed by atoms with Crippen LogP contribution in [-0.4, -0.2) is 29.0 Å². The number of barbiturate groups is 1. The van der Waals surface area contributed by atoms with Gasteiger partial charge in [0.2, 0.25) is 0 Å². The lowest BCUT2D eigenvalue weighted by Crippen LogP contribution is -2.54. The largest absolute Gasteiger partial charge is 0.492 e. The van der Waals surface area contributed by atoms with E-state index in [9.17, 15) is 14.4 Å². The van der Waals surface area contributed by atoms with Crippen LogP contribution in [0.1, 0.15) is 16.7 Å². The maximum Gasteiger partial charge on any atom is 0.335 e. The van der Waals surface area contributed by atoms with E-state index in [1.807, 2.05) is 73.1 Å². The van der Waals surface area contributed by atoms with Crippen LogP contribution in [0.15, 0.2) is 78.5 Å². The van der Waals surface area contributed by atoms with E-state index in [0.29, 0.717) is 23.7 Å². The molecule has 8 heteroatoms. The average Bonchev–Trinajstić information content (AvgIpc) is 3.22. The predicted molar refractivity (Wildman–Crippen MR) is 144 cm³/mol. The molecular formula is C29H24ClN3O4. The number of aryl methyl sites for hydroxylation is 2. The Kier molecular flexibility index (Phi) is 6.54. The average molecular weight is 514 g/mol. The van der Waals surface area contributed by atoms with Crippen molar-refractivity contribution in [3.63, 3.8) is 0 Å². The molecule has 4 amide bonds. The van der Waals surface area contributed by atoms with Gasteiger partial charge in [0, 0.05) is 27.7 Å². The van der Waals surface area contributed by atoms with Crippen molar-refractivity contribution in [2.45, 2.75) is 20.4 Å². The number of halogens is 1. The fraction of sp³-hybridized carbons (Fsp3) is 0.138. The van der Waals surface area contributed by atoms with Crippen LogP contribution in [0.25, 0.3) is 17.0 Å². The zero-order chi connectivity index (χ0) is 26.1. The molecular weight excluding hydrogens is 490 g/mol. The molecule has 3 aromatic carbocycles. The van der Waals surface area contributed by atoms with Crippen molar-refractivity contribution < 1.29 is 19.1 Å². The number of rotatable bonds is 6. The van der Waals surface area contributed by atoms with E-state index in [2.05, 4.69) is 5.32 Å². The first-order valence-corrected chi connectivity index (χ1v) is 12.1. The number of urea groups is 1. The highest BCUT2D eigenvalue weighted by Gasteiger charge is 2.37. The molecule has 0 spiro atoms. The van der Waals surface area contributed by atoms with Crippen LogP contribution in [0.4, 0.5) is 10.5 Å². The highest BCUT2D eigenvalue weighted by Crippen LogP contribution is 2.29. The van der Waals surface area contributed by atoms with Gasteiger partial charge in [-0.1, -0.05) is 53.6 Å². The highest BCUT2D eigenvalue weighted by molar-refractivity contribution is 6.39. The summed E-state index contributed by atoms with van der Waals surface area (Å²) < 4.78 is 7.91. The van der Waals surface area contributed by atoms with Crippen LogP contribution in [0, 0.1) is 13.8 Å². The third-order valence-electron chi connectivity index (χ3n) is 6.26. The van der Waals surface area contributed by atoms with Crippen molar-refractivity contribution in [3.05, 3.63) is 100 Å². The summed E-state index contributed by atoms with van der Waals surface area (Å²) in [5, 5.41) is 3.54. The molecule has 37 heavy (non-hydrogen) atoms. The molecule has 5 rings (SSSR count).